The third kappa shape index (κ3) is 11.6. The lowest BCUT2D eigenvalue weighted by atomic mass is 9.88. The zero-order valence-corrected chi connectivity index (χ0v) is 32.4. The summed E-state index contributed by atoms with van der Waals surface area (Å²) in [7, 11) is 0. The van der Waals surface area contributed by atoms with Crippen LogP contribution in [0.5, 0.6) is 23.0 Å². The highest BCUT2D eigenvalue weighted by atomic mass is 32.1. The second kappa shape index (κ2) is 19.9. The Balaban J connectivity index is 1.12. The first-order chi connectivity index (χ1) is 25.7. The average Bonchev–Trinajstić information content (AvgIpc) is 3.17. The van der Waals surface area contributed by atoms with Crippen molar-refractivity contribution in [1.29, 1.82) is 0 Å². The molecule has 5 aromatic carbocycles. The van der Waals surface area contributed by atoms with E-state index in [9.17, 15) is 9.59 Å². The Bertz CT molecular complexity index is 1950. The van der Waals surface area contributed by atoms with Gasteiger partial charge in [-0.25, -0.2) is 4.79 Å². The van der Waals surface area contributed by atoms with Crippen molar-refractivity contribution in [3.63, 3.8) is 0 Å². The second-order valence-corrected chi connectivity index (χ2v) is 14.7. The van der Waals surface area contributed by atoms with E-state index < -0.39 is 6.16 Å². The Hall–Kier alpha value is -4.81. The Morgan fingerprint density at radius 2 is 1.21 bits per heavy atom. The van der Waals surface area contributed by atoms with Crippen LogP contribution in [0.3, 0.4) is 0 Å². The van der Waals surface area contributed by atoms with Crippen LogP contribution in [-0.2, 0) is 12.8 Å². The van der Waals surface area contributed by atoms with Crippen LogP contribution in [-0.4, -0.2) is 16.8 Å². The second-order valence-electron chi connectivity index (χ2n) is 14.1. The van der Waals surface area contributed by atoms with Gasteiger partial charge in [-0.3, -0.25) is 4.79 Å². The van der Waals surface area contributed by atoms with Crippen molar-refractivity contribution in [3.05, 3.63) is 131 Å². The number of ether oxygens (including phenoxy) is 3. The summed E-state index contributed by atoms with van der Waals surface area (Å²) in [5.74, 6) is 3.11. The van der Waals surface area contributed by atoms with Crippen LogP contribution in [0.25, 0.3) is 10.8 Å². The molecule has 0 radical (unpaired) electrons. The van der Waals surface area contributed by atoms with Crippen LogP contribution >= 0.6 is 12.2 Å². The van der Waals surface area contributed by atoms with Gasteiger partial charge < -0.3 is 14.2 Å². The van der Waals surface area contributed by atoms with E-state index in [0.717, 1.165) is 46.2 Å². The molecule has 0 aliphatic rings. The Morgan fingerprint density at radius 1 is 0.623 bits per heavy atom. The molecule has 0 amide bonds. The number of hydrogen-bond acceptors (Lipinski definition) is 6. The maximum atomic E-state index is 13.2. The monoisotopic (exact) mass is 728 g/mol. The zero-order valence-electron chi connectivity index (χ0n) is 31.6. The minimum absolute atomic E-state index is 0.148. The van der Waals surface area contributed by atoms with Crippen LogP contribution in [0.2, 0.25) is 0 Å². The molecular weight excluding hydrogens is 677 g/mol. The molecule has 0 saturated heterocycles. The molecule has 2 unspecified atom stereocenters. The van der Waals surface area contributed by atoms with Gasteiger partial charge >= 0.3 is 6.16 Å². The Labute approximate surface area is 320 Å². The van der Waals surface area contributed by atoms with Crippen molar-refractivity contribution in [3.8, 4) is 23.0 Å². The van der Waals surface area contributed by atoms with Gasteiger partial charge in [0.15, 0.2) is 5.78 Å². The van der Waals surface area contributed by atoms with Gasteiger partial charge in [-0.05, 0) is 119 Å². The number of aryl methyl sites for hydroxylation is 1. The van der Waals surface area contributed by atoms with Gasteiger partial charge in [0.1, 0.15) is 23.0 Å². The highest BCUT2D eigenvalue weighted by Crippen LogP contribution is 2.31. The van der Waals surface area contributed by atoms with E-state index in [0.29, 0.717) is 40.9 Å². The van der Waals surface area contributed by atoms with Gasteiger partial charge in [0.05, 0.1) is 0 Å². The number of ketones is 1. The van der Waals surface area contributed by atoms with E-state index in [1.54, 1.807) is 54.6 Å². The van der Waals surface area contributed by atoms with E-state index in [1.807, 2.05) is 42.5 Å². The van der Waals surface area contributed by atoms with Crippen molar-refractivity contribution in [2.45, 2.75) is 91.9 Å². The first kappa shape index (κ1) is 39.4. The lowest BCUT2D eigenvalue weighted by molar-refractivity contribution is 0.103. The summed E-state index contributed by atoms with van der Waals surface area (Å²) in [5.41, 5.74) is 3.42. The van der Waals surface area contributed by atoms with Gasteiger partial charge in [-0.1, -0.05) is 121 Å². The topological polar surface area (TPSA) is 61.8 Å². The van der Waals surface area contributed by atoms with E-state index in [2.05, 4.69) is 39.8 Å². The van der Waals surface area contributed by atoms with Crippen molar-refractivity contribution >= 4 is 39.8 Å². The van der Waals surface area contributed by atoms with Crippen LogP contribution in [0.15, 0.2) is 109 Å². The van der Waals surface area contributed by atoms with Gasteiger partial charge in [-0.15, -0.1) is 0 Å². The number of benzene rings is 5. The molecular formula is C47H52O5S. The molecule has 53 heavy (non-hydrogen) atoms. The molecule has 5 aromatic rings. The normalized spacial score (nSPS) is 12.2. The lowest BCUT2D eigenvalue weighted by Crippen LogP contribution is -2.15. The summed E-state index contributed by atoms with van der Waals surface area (Å²) >= 11 is 5.79. The summed E-state index contributed by atoms with van der Waals surface area (Å²) in [4.78, 5) is 27.1. The third-order valence-corrected chi connectivity index (χ3v) is 10.4. The standard InChI is InChI=1S/C47H52O5S/c1-5-7-8-9-10-11-14-35-17-24-39(25-18-35)50-40-26-19-36(20-27-40)46(48)37-21-28-41(29-22-37)51-47(49)52-45-30-23-38(43-15-12-13-16-44(43)45)32-42(53)31-34(4)33(3)6-2/h12-13,15-30,33-34H,5-11,14,31-32H2,1-4H3. The van der Waals surface area contributed by atoms with Crippen LogP contribution in [0.4, 0.5) is 4.79 Å². The maximum Gasteiger partial charge on any atom is 0.519 e. The first-order valence-electron chi connectivity index (χ1n) is 19.2. The van der Waals surface area contributed by atoms with Gasteiger partial charge in [-0.2, -0.15) is 0 Å². The molecule has 0 saturated carbocycles. The zero-order chi connectivity index (χ0) is 37.6. The molecule has 0 bridgehead atoms. The molecule has 0 aliphatic carbocycles. The minimum Gasteiger partial charge on any atom is -0.457 e. The van der Waals surface area contributed by atoms with E-state index in [4.69, 9.17) is 26.4 Å². The molecule has 0 spiro atoms. The van der Waals surface area contributed by atoms with Gasteiger partial charge in [0.25, 0.3) is 0 Å². The molecule has 0 aromatic heterocycles. The molecule has 276 valence electrons. The highest BCUT2D eigenvalue weighted by Gasteiger charge is 2.17. The van der Waals surface area contributed by atoms with Crippen LogP contribution < -0.4 is 14.2 Å². The predicted molar refractivity (Wildman–Crippen MR) is 220 cm³/mol. The number of carbonyl (C=O) groups excluding carboxylic acids is 2. The van der Waals surface area contributed by atoms with Crippen molar-refractivity contribution in [2.75, 3.05) is 0 Å². The number of thiocarbonyl (C=S) groups is 1. The average molecular weight is 729 g/mol. The van der Waals surface area contributed by atoms with Gasteiger partial charge in [0, 0.05) is 22.9 Å². The number of hydrogen-bond donors (Lipinski definition) is 0. The summed E-state index contributed by atoms with van der Waals surface area (Å²) in [6.45, 7) is 8.99. The fourth-order valence-corrected chi connectivity index (χ4v) is 6.93. The largest absolute Gasteiger partial charge is 0.519 e. The molecule has 0 heterocycles. The number of unbranched alkanes of at least 4 members (excludes halogenated alkanes) is 5. The Kier molecular flexibility index (Phi) is 14.8. The third-order valence-electron chi connectivity index (χ3n) is 10.1. The Morgan fingerprint density at radius 3 is 1.85 bits per heavy atom. The molecule has 2 atom stereocenters. The number of fused-ring (bicyclic) bond motifs is 1. The van der Waals surface area contributed by atoms with E-state index in [1.165, 1.54) is 44.1 Å². The van der Waals surface area contributed by atoms with Crippen LogP contribution in [0.1, 0.15) is 106 Å². The summed E-state index contributed by atoms with van der Waals surface area (Å²) in [6, 6.07) is 33.4. The van der Waals surface area contributed by atoms with E-state index in [-0.39, 0.29) is 11.5 Å². The first-order valence-corrected chi connectivity index (χ1v) is 19.6. The maximum absolute atomic E-state index is 13.2. The number of carbonyl (C=O) groups is 2. The van der Waals surface area contributed by atoms with Crippen molar-refractivity contribution < 1.29 is 23.8 Å². The molecule has 5 rings (SSSR count). The fraction of sp³-hybridized carbons (Fsp3) is 0.340. The summed E-state index contributed by atoms with van der Waals surface area (Å²) < 4.78 is 17.2. The van der Waals surface area contributed by atoms with Gasteiger partial charge in [0.2, 0.25) is 0 Å². The smallest absolute Gasteiger partial charge is 0.457 e. The van der Waals surface area contributed by atoms with Crippen molar-refractivity contribution in [2.24, 2.45) is 11.8 Å². The lowest BCUT2D eigenvalue weighted by Gasteiger charge is -2.19. The molecule has 0 N–H and O–H groups in total. The fourth-order valence-electron chi connectivity index (χ4n) is 6.52. The molecule has 0 aliphatic heterocycles. The molecule has 0 fully saturated rings. The molecule has 5 nitrogen and oxygen atoms in total. The summed E-state index contributed by atoms with van der Waals surface area (Å²) in [6.07, 6.45) is 10.7. The van der Waals surface area contributed by atoms with Crippen molar-refractivity contribution in [1.82, 2.24) is 0 Å². The van der Waals surface area contributed by atoms with E-state index >= 15 is 0 Å². The number of rotatable bonds is 19. The predicted octanol–water partition coefficient (Wildman–Crippen LogP) is 13.3. The SMILES string of the molecule is CCCCCCCCc1ccc(Oc2ccc(C(=O)c3ccc(OC(=O)Oc4ccc(CC(=S)CC(C)C(C)CC)c5ccccc45)cc3)cc2)cc1. The molecule has 6 heteroatoms. The van der Waals surface area contributed by atoms with Crippen LogP contribution in [0, 0.1) is 11.8 Å². The quantitative estimate of drug-likeness (QED) is 0.0277. The summed E-state index contributed by atoms with van der Waals surface area (Å²) in [5, 5.41) is 1.81. The highest BCUT2D eigenvalue weighted by molar-refractivity contribution is 7.80. The minimum atomic E-state index is -0.858.